The van der Waals surface area contributed by atoms with E-state index in [1.807, 2.05) is 70.2 Å². The molecule has 0 fully saturated rings. The van der Waals surface area contributed by atoms with E-state index in [1.54, 1.807) is 12.0 Å². The number of nitrogens with one attached hydrogen (secondary N) is 1. The second-order valence-electron chi connectivity index (χ2n) is 7.62. The van der Waals surface area contributed by atoms with Crippen LogP contribution in [0.2, 0.25) is 0 Å². The zero-order chi connectivity index (χ0) is 22.8. The smallest absolute Gasteiger partial charge is 0.261 e. The molecule has 0 aliphatic carbocycles. The number of amides is 2. The summed E-state index contributed by atoms with van der Waals surface area (Å²) in [7, 11) is 1.60. The minimum absolute atomic E-state index is 0.135. The van der Waals surface area contributed by atoms with Crippen LogP contribution >= 0.6 is 0 Å². The number of hydrogen-bond donors (Lipinski definition) is 1. The van der Waals surface area contributed by atoms with Crippen LogP contribution < -0.4 is 14.8 Å². The normalized spacial score (nSPS) is 11.5. The van der Waals surface area contributed by atoms with Crippen LogP contribution in [-0.4, -0.2) is 43.0 Å². The largest absolute Gasteiger partial charge is 0.497 e. The molecule has 168 valence electrons. The molecule has 0 unspecified atom stereocenters. The molecule has 2 amide bonds. The fourth-order valence-corrected chi connectivity index (χ4v) is 3.28. The van der Waals surface area contributed by atoms with Crippen LogP contribution in [-0.2, 0) is 16.1 Å². The van der Waals surface area contributed by atoms with Gasteiger partial charge < -0.3 is 19.7 Å². The van der Waals surface area contributed by atoms with Crippen LogP contribution in [0, 0.1) is 13.8 Å². The molecule has 1 N–H and O–H groups in total. The average Bonchev–Trinajstić information content (AvgIpc) is 2.78. The van der Waals surface area contributed by atoms with Gasteiger partial charge in [-0.2, -0.15) is 0 Å². The van der Waals surface area contributed by atoms with Gasteiger partial charge in [0.1, 0.15) is 17.5 Å². The molecular formula is C25H34N2O4. The Morgan fingerprint density at radius 2 is 1.81 bits per heavy atom. The van der Waals surface area contributed by atoms with Gasteiger partial charge in [0.2, 0.25) is 5.91 Å². The van der Waals surface area contributed by atoms with E-state index in [9.17, 15) is 9.59 Å². The van der Waals surface area contributed by atoms with Gasteiger partial charge in [-0.1, -0.05) is 32.0 Å². The van der Waals surface area contributed by atoms with Crippen molar-refractivity contribution < 1.29 is 19.1 Å². The first kappa shape index (κ1) is 24.3. The quantitative estimate of drug-likeness (QED) is 0.589. The molecule has 0 radical (unpaired) electrons. The number of hydrogen-bond acceptors (Lipinski definition) is 4. The molecule has 6 nitrogen and oxygen atoms in total. The zero-order valence-electron chi connectivity index (χ0n) is 19.2. The van der Waals surface area contributed by atoms with E-state index >= 15 is 0 Å². The lowest BCUT2D eigenvalue weighted by Gasteiger charge is -2.30. The van der Waals surface area contributed by atoms with Crippen molar-refractivity contribution in [1.29, 1.82) is 0 Å². The minimum atomic E-state index is -0.575. The summed E-state index contributed by atoms with van der Waals surface area (Å²) in [6, 6.07) is 12.7. The predicted octanol–water partition coefficient (Wildman–Crippen LogP) is 4.02. The summed E-state index contributed by atoms with van der Waals surface area (Å²) >= 11 is 0. The summed E-state index contributed by atoms with van der Waals surface area (Å²) in [6.45, 7) is 8.68. The van der Waals surface area contributed by atoms with Gasteiger partial charge in [-0.25, -0.2) is 0 Å². The van der Waals surface area contributed by atoms with Gasteiger partial charge in [0, 0.05) is 13.1 Å². The minimum Gasteiger partial charge on any atom is -0.497 e. The van der Waals surface area contributed by atoms with E-state index in [0.717, 1.165) is 23.1 Å². The van der Waals surface area contributed by atoms with E-state index in [2.05, 4.69) is 5.32 Å². The summed E-state index contributed by atoms with van der Waals surface area (Å²) in [6.07, 6.45) is 1.34. The Kier molecular flexibility index (Phi) is 9.38. The maximum Gasteiger partial charge on any atom is 0.261 e. The molecule has 0 aromatic heterocycles. The van der Waals surface area contributed by atoms with Gasteiger partial charge in [-0.15, -0.1) is 0 Å². The molecule has 2 rings (SSSR count). The monoisotopic (exact) mass is 426 g/mol. The van der Waals surface area contributed by atoms with Crippen LogP contribution in [0.25, 0.3) is 0 Å². The van der Waals surface area contributed by atoms with Gasteiger partial charge in [0.05, 0.1) is 7.11 Å². The Hall–Kier alpha value is -3.02. The molecule has 0 bridgehead atoms. The van der Waals surface area contributed by atoms with Crippen LogP contribution in [0.5, 0.6) is 11.5 Å². The van der Waals surface area contributed by atoms with Crippen LogP contribution in [0.4, 0.5) is 0 Å². The number of aryl methyl sites for hydroxylation is 2. The number of carbonyl (C=O) groups is 2. The van der Waals surface area contributed by atoms with Crippen molar-refractivity contribution in [2.24, 2.45) is 0 Å². The summed E-state index contributed by atoms with van der Waals surface area (Å²) in [5.74, 6) is 0.965. The molecule has 0 aliphatic heterocycles. The Balaban J connectivity index is 2.22. The summed E-state index contributed by atoms with van der Waals surface area (Å²) in [5.41, 5.74) is 3.15. The van der Waals surface area contributed by atoms with Crippen molar-refractivity contribution >= 4 is 11.8 Å². The zero-order valence-corrected chi connectivity index (χ0v) is 19.2. The maximum absolute atomic E-state index is 13.2. The molecule has 6 heteroatoms. The molecule has 0 aliphatic rings. The fraction of sp³-hybridized carbons (Fsp3) is 0.440. The van der Waals surface area contributed by atoms with Crippen molar-refractivity contribution in [3.8, 4) is 11.5 Å². The second-order valence-corrected chi connectivity index (χ2v) is 7.62. The number of rotatable bonds is 11. The highest BCUT2D eigenvalue weighted by Gasteiger charge is 2.28. The Bertz CT molecular complexity index is 882. The van der Waals surface area contributed by atoms with Gasteiger partial charge >= 0.3 is 0 Å². The van der Waals surface area contributed by atoms with E-state index in [0.29, 0.717) is 31.0 Å². The molecule has 2 aromatic rings. The van der Waals surface area contributed by atoms with Crippen molar-refractivity contribution in [1.82, 2.24) is 10.2 Å². The van der Waals surface area contributed by atoms with E-state index in [-0.39, 0.29) is 18.4 Å². The number of benzene rings is 2. The van der Waals surface area contributed by atoms with E-state index in [1.165, 1.54) is 0 Å². The molecule has 0 saturated carbocycles. The maximum atomic E-state index is 13.2. The fourth-order valence-electron chi connectivity index (χ4n) is 3.28. The third kappa shape index (κ3) is 7.02. The number of ether oxygens (including phenoxy) is 2. The summed E-state index contributed by atoms with van der Waals surface area (Å²) in [5, 5.41) is 2.92. The summed E-state index contributed by atoms with van der Waals surface area (Å²) < 4.78 is 11.1. The summed E-state index contributed by atoms with van der Waals surface area (Å²) in [4.78, 5) is 27.6. The van der Waals surface area contributed by atoms with Gasteiger partial charge in [0.15, 0.2) is 6.61 Å². The van der Waals surface area contributed by atoms with Crippen molar-refractivity contribution in [2.75, 3.05) is 20.3 Å². The molecule has 0 saturated heterocycles. The lowest BCUT2D eigenvalue weighted by atomic mass is 10.1. The van der Waals surface area contributed by atoms with Gasteiger partial charge in [0.25, 0.3) is 5.91 Å². The van der Waals surface area contributed by atoms with Gasteiger partial charge in [-0.3, -0.25) is 9.59 Å². The highest BCUT2D eigenvalue weighted by Crippen LogP contribution is 2.19. The van der Waals surface area contributed by atoms with Crippen LogP contribution in [0.15, 0.2) is 42.5 Å². The lowest BCUT2D eigenvalue weighted by molar-refractivity contribution is -0.143. The van der Waals surface area contributed by atoms with E-state index in [4.69, 9.17) is 9.47 Å². The van der Waals surface area contributed by atoms with Crippen molar-refractivity contribution in [3.63, 3.8) is 0 Å². The molecule has 0 spiro atoms. The van der Waals surface area contributed by atoms with Crippen LogP contribution in [0.3, 0.4) is 0 Å². The molecule has 2 aromatic carbocycles. The SMILES string of the molecule is CCCNC(=O)[C@H](CC)N(Cc1cccc(OC)c1)C(=O)COc1ccc(C)c(C)c1. The van der Waals surface area contributed by atoms with Crippen molar-refractivity contribution in [2.45, 2.75) is 53.1 Å². The lowest BCUT2D eigenvalue weighted by Crippen LogP contribution is -2.50. The first-order chi connectivity index (χ1) is 14.9. The Morgan fingerprint density at radius 1 is 1.03 bits per heavy atom. The number of nitrogens with zero attached hydrogens (tertiary/aromatic N) is 1. The molecular weight excluding hydrogens is 392 g/mol. The first-order valence-electron chi connectivity index (χ1n) is 10.8. The molecule has 0 heterocycles. The highest BCUT2D eigenvalue weighted by molar-refractivity contribution is 5.88. The number of carbonyl (C=O) groups excluding carboxylic acids is 2. The Labute approximate surface area is 185 Å². The first-order valence-corrected chi connectivity index (χ1v) is 10.8. The van der Waals surface area contributed by atoms with Crippen molar-refractivity contribution in [3.05, 3.63) is 59.2 Å². The number of methoxy groups -OCH3 is 1. The average molecular weight is 427 g/mol. The predicted molar refractivity (Wildman–Crippen MR) is 122 cm³/mol. The molecule has 1 atom stereocenters. The Morgan fingerprint density at radius 3 is 2.45 bits per heavy atom. The topological polar surface area (TPSA) is 67.9 Å². The van der Waals surface area contributed by atoms with Gasteiger partial charge in [-0.05, 0) is 67.6 Å². The van der Waals surface area contributed by atoms with Crippen LogP contribution in [0.1, 0.15) is 43.4 Å². The standard InChI is InChI=1S/C25H34N2O4/c1-6-13-26-25(29)23(7-2)27(16-20-9-8-10-21(15-20)30-5)24(28)17-31-22-12-11-18(3)19(4)14-22/h8-12,14-15,23H,6-7,13,16-17H2,1-5H3,(H,26,29)/t23-/m0/s1. The third-order valence-corrected chi connectivity index (χ3v) is 5.26. The molecule has 31 heavy (non-hydrogen) atoms. The van der Waals surface area contributed by atoms with E-state index < -0.39 is 6.04 Å². The second kappa shape index (κ2) is 12.0. The third-order valence-electron chi connectivity index (χ3n) is 5.26. The highest BCUT2D eigenvalue weighted by atomic mass is 16.5.